The Bertz CT molecular complexity index is 1130. The van der Waals surface area contributed by atoms with E-state index in [1.807, 2.05) is 30.3 Å². The average molecular weight is 384 g/mol. The average Bonchev–Trinajstić information content (AvgIpc) is 3.10. The van der Waals surface area contributed by atoms with Crippen molar-refractivity contribution in [1.29, 1.82) is 0 Å². The predicted molar refractivity (Wildman–Crippen MR) is 108 cm³/mol. The Morgan fingerprint density at radius 1 is 1.11 bits per heavy atom. The van der Waals surface area contributed by atoms with Gasteiger partial charge < -0.3 is 14.2 Å². The summed E-state index contributed by atoms with van der Waals surface area (Å²) in [6.07, 6.45) is 0.638. The number of carbonyl (C=O) groups excluding carboxylic acids is 1. The molecule has 0 saturated carbocycles. The van der Waals surface area contributed by atoms with Crippen LogP contribution in [0.3, 0.4) is 0 Å². The molecule has 2 heterocycles. The van der Waals surface area contributed by atoms with Crippen LogP contribution in [0.15, 0.2) is 46.0 Å². The summed E-state index contributed by atoms with van der Waals surface area (Å²) in [5.74, 6) is -0.255. The summed E-state index contributed by atoms with van der Waals surface area (Å²) in [4.78, 5) is 39.8. The topological polar surface area (TPSA) is 78.5 Å². The second-order valence-electron chi connectivity index (χ2n) is 6.67. The first-order valence-corrected chi connectivity index (χ1v) is 8.99. The Morgan fingerprint density at radius 2 is 1.79 bits per heavy atom. The van der Waals surface area contributed by atoms with E-state index in [9.17, 15) is 14.4 Å². The number of para-hydroxylation sites is 1. The van der Waals surface area contributed by atoms with Crippen molar-refractivity contribution in [2.24, 2.45) is 14.1 Å². The molecule has 28 heavy (non-hydrogen) atoms. The molecular formula is C20H24N4O4. The summed E-state index contributed by atoms with van der Waals surface area (Å²) in [6.45, 7) is 0.947. The van der Waals surface area contributed by atoms with Crippen LogP contribution in [0.5, 0.6) is 0 Å². The summed E-state index contributed by atoms with van der Waals surface area (Å²) in [5, 5.41) is 0.340. The summed E-state index contributed by atoms with van der Waals surface area (Å²) in [7, 11) is 6.33. The van der Waals surface area contributed by atoms with E-state index in [-0.39, 0.29) is 5.91 Å². The molecule has 1 aromatic carbocycles. The summed E-state index contributed by atoms with van der Waals surface area (Å²) in [6, 6.07) is 10.8. The van der Waals surface area contributed by atoms with Crippen LogP contribution >= 0.6 is 0 Å². The van der Waals surface area contributed by atoms with Crippen LogP contribution in [-0.2, 0) is 25.4 Å². The zero-order valence-electron chi connectivity index (χ0n) is 16.5. The third kappa shape index (κ3) is 3.27. The minimum atomic E-state index is -0.431. The minimum Gasteiger partial charge on any atom is -0.385 e. The summed E-state index contributed by atoms with van der Waals surface area (Å²) < 4.78 is 9.32. The number of anilines is 1. The smallest absolute Gasteiger partial charge is 0.332 e. The maximum absolute atomic E-state index is 13.2. The number of benzene rings is 1. The van der Waals surface area contributed by atoms with E-state index in [0.717, 1.165) is 10.3 Å². The molecule has 3 rings (SSSR count). The number of aromatic nitrogens is 3. The van der Waals surface area contributed by atoms with Crippen LogP contribution in [-0.4, -0.2) is 40.4 Å². The molecule has 148 valence electrons. The van der Waals surface area contributed by atoms with Crippen molar-refractivity contribution < 1.29 is 9.53 Å². The number of nitrogens with zero attached hydrogens (tertiary/aromatic N) is 4. The number of carbonyl (C=O) groups is 1. The molecule has 0 aliphatic heterocycles. The van der Waals surface area contributed by atoms with Gasteiger partial charge in [-0.3, -0.25) is 18.7 Å². The molecule has 2 aromatic heterocycles. The minimum absolute atomic E-state index is 0.255. The van der Waals surface area contributed by atoms with Gasteiger partial charge in [0.15, 0.2) is 0 Å². The highest BCUT2D eigenvalue weighted by atomic mass is 16.5. The molecule has 0 bridgehead atoms. The molecule has 0 aliphatic carbocycles. The van der Waals surface area contributed by atoms with Gasteiger partial charge in [-0.05, 0) is 24.6 Å². The molecule has 3 aromatic rings. The number of hydrogen-bond acceptors (Lipinski definition) is 4. The van der Waals surface area contributed by atoms with Crippen molar-refractivity contribution >= 4 is 22.6 Å². The lowest BCUT2D eigenvalue weighted by Crippen LogP contribution is -2.37. The van der Waals surface area contributed by atoms with E-state index >= 15 is 0 Å². The molecule has 8 heteroatoms. The number of hydrogen-bond donors (Lipinski definition) is 0. The Labute approximate surface area is 162 Å². The van der Waals surface area contributed by atoms with Gasteiger partial charge in [0.1, 0.15) is 11.3 Å². The van der Waals surface area contributed by atoms with Crippen molar-refractivity contribution in [2.45, 2.75) is 13.0 Å². The number of methoxy groups -OCH3 is 1. The van der Waals surface area contributed by atoms with Gasteiger partial charge in [-0.25, -0.2) is 4.79 Å². The largest absolute Gasteiger partial charge is 0.385 e. The first kappa shape index (κ1) is 19.6. The van der Waals surface area contributed by atoms with Crippen LogP contribution < -0.4 is 16.1 Å². The lowest BCUT2D eigenvalue weighted by Gasteiger charge is -2.19. The van der Waals surface area contributed by atoms with Gasteiger partial charge in [-0.1, -0.05) is 18.2 Å². The Kier molecular flexibility index (Phi) is 5.51. The highest BCUT2D eigenvalue weighted by Gasteiger charge is 2.23. The van der Waals surface area contributed by atoms with Gasteiger partial charge in [-0.15, -0.1) is 0 Å². The zero-order valence-corrected chi connectivity index (χ0v) is 16.5. The molecule has 0 aliphatic rings. The molecule has 0 radical (unpaired) electrons. The van der Waals surface area contributed by atoms with Gasteiger partial charge >= 0.3 is 5.69 Å². The number of ether oxygens (including phenoxy) is 1. The fourth-order valence-electron chi connectivity index (χ4n) is 3.35. The molecule has 1 amide bonds. The van der Waals surface area contributed by atoms with Crippen molar-refractivity contribution in [3.05, 3.63) is 62.9 Å². The van der Waals surface area contributed by atoms with Crippen LogP contribution in [0.25, 0.3) is 11.0 Å². The van der Waals surface area contributed by atoms with Crippen LogP contribution in [0, 0.1) is 0 Å². The van der Waals surface area contributed by atoms with Gasteiger partial charge in [0.2, 0.25) is 0 Å². The second kappa shape index (κ2) is 7.85. The van der Waals surface area contributed by atoms with E-state index in [2.05, 4.69) is 0 Å². The second-order valence-corrected chi connectivity index (χ2v) is 6.67. The van der Waals surface area contributed by atoms with E-state index in [1.165, 1.54) is 16.5 Å². The van der Waals surface area contributed by atoms with E-state index in [1.54, 1.807) is 31.8 Å². The molecule has 0 N–H and O–H groups in total. The molecule has 0 fully saturated rings. The zero-order chi connectivity index (χ0) is 20.4. The maximum Gasteiger partial charge on any atom is 0.332 e. The molecule has 0 unspecified atom stereocenters. The fraction of sp³-hybridized carbons (Fsp3) is 0.350. The molecular weight excluding hydrogens is 360 g/mol. The van der Waals surface area contributed by atoms with Crippen molar-refractivity contribution in [3.63, 3.8) is 0 Å². The van der Waals surface area contributed by atoms with Crippen molar-refractivity contribution in [3.8, 4) is 0 Å². The third-order valence-corrected chi connectivity index (χ3v) is 4.89. The van der Waals surface area contributed by atoms with Crippen LogP contribution in [0.2, 0.25) is 0 Å². The first-order valence-electron chi connectivity index (χ1n) is 8.99. The fourth-order valence-corrected chi connectivity index (χ4v) is 3.35. The lowest BCUT2D eigenvalue weighted by atomic mass is 10.2. The first-order chi connectivity index (χ1) is 13.4. The number of fused-ring (bicyclic) bond motifs is 1. The molecule has 8 nitrogen and oxygen atoms in total. The number of amides is 1. The van der Waals surface area contributed by atoms with Crippen molar-refractivity contribution in [2.75, 3.05) is 25.7 Å². The SMILES string of the molecule is COCCCn1c(C(=O)N(C)c2ccccc2)cc2c(=O)n(C)c(=O)n(C)c21. The van der Waals surface area contributed by atoms with E-state index < -0.39 is 11.2 Å². The van der Waals surface area contributed by atoms with Gasteiger partial charge in [0.25, 0.3) is 11.5 Å². The van der Waals surface area contributed by atoms with Crippen LogP contribution in [0.4, 0.5) is 5.69 Å². The van der Waals surface area contributed by atoms with E-state index in [0.29, 0.717) is 36.3 Å². The summed E-state index contributed by atoms with van der Waals surface area (Å²) in [5.41, 5.74) is 0.687. The molecule has 0 saturated heterocycles. The highest BCUT2D eigenvalue weighted by molar-refractivity contribution is 6.07. The standard InChI is InChI=1S/C20H24N4O4/c1-21(14-9-6-5-7-10-14)19(26)16-13-15-17(24(16)11-8-12-28-4)22(2)20(27)23(3)18(15)25/h5-7,9-10,13H,8,11-12H2,1-4H3. The van der Waals surface area contributed by atoms with E-state index in [4.69, 9.17) is 4.74 Å². The Hall–Kier alpha value is -3.13. The Balaban J connectivity index is 2.21. The monoisotopic (exact) mass is 384 g/mol. The third-order valence-electron chi connectivity index (χ3n) is 4.89. The highest BCUT2D eigenvalue weighted by Crippen LogP contribution is 2.21. The number of aryl methyl sites for hydroxylation is 2. The summed E-state index contributed by atoms with van der Waals surface area (Å²) >= 11 is 0. The lowest BCUT2D eigenvalue weighted by molar-refractivity contribution is 0.0983. The van der Waals surface area contributed by atoms with Gasteiger partial charge in [0.05, 0.1) is 5.39 Å². The molecule has 0 atom stereocenters. The molecule has 0 spiro atoms. The van der Waals surface area contributed by atoms with Crippen molar-refractivity contribution in [1.82, 2.24) is 13.7 Å². The normalized spacial score (nSPS) is 11.1. The maximum atomic E-state index is 13.2. The van der Waals surface area contributed by atoms with Gasteiger partial charge in [-0.2, -0.15) is 0 Å². The predicted octanol–water partition coefficient (Wildman–Crippen LogP) is 1.35. The van der Waals surface area contributed by atoms with Gasteiger partial charge in [0, 0.05) is 47.1 Å². The number of rotatable bonds is 6. The quantitative estimate of drug-likeness (QED) is 0.601. The Morgan fingerprint density at radius 3 is 2.43 bits per heavy atom. The van der Waals surface area contributed by atoms with Crippen LogP contribution in [0.1, 0.15) is 16.9 Å².